The normalized spacial score (nSPS) is 11.2. The molecule has 0 aliphatic heterocycles. The molecular weight excluding hydrogens is 399 g/mol. The number of nitrogens with zero attached hydrogens (tertiary/aromatic N) is 2. The topological polar surface area (TPSA) is 73.2 Å². The Bertz CT molecular complexity index is 1090. The number of hydrogen-bond donors (Lipinski definition) is 1. The molecule has 0 aliphatic rings. The van der Waals surface area contributed by atoms with Crippen LogP contribution in [0, 0.1) is 6.92 Å². The highest BCUT2D eigenvalue weighted by atomic mass is 19.4. The molecule has 6 nitrogen and oxygen atoms in total. The molecule has 0 saturated carbocycles. The Balaban J connectivity index is 1.72. The van der Waals surface area contributed by atoms with Crippen molar-refractivity contribution < 1.29 is 22.7 Å². The third-order valence-electron chi connectivity index (χ3n) is 4.19. The first-order chi connectivity index (χ1) is 14.2. The van der Waals surface area contributed by atoms with Crippen molar-refractivity contribution in [1.29, 1.82) is 0 Å². The van der Waals surface area contributed by atoms with E-state index in [0.717, 1.165) is 21.9 Å². The van der Waals surface area contributed by atoms with Gasteiger partial charge in [-0.25, -0.2) is 4.68 Å². The van der Waals surface area contributed by atoms with Crippen LogP contribution in [0.25, 0.3) is 0 Å². The summed E-state index contributed by atoms with van der Waals surface area (Å²) in [7, 11) is 0. The Labute approximate surface area is 169 Å². The lowest BCUT2D eigenvalue weighted by atomic mass is 10.1. The summed E-state index contributed by atoms with van der Waals surface area (Å²) < 4.78 is 42.7. The fourth-order valence-electron chi connectivity index (χ4n) is 2.69. The van der Waals surface area contributed by atoms with Crippen molar-refractivity contribution in [3.05, 3.63) is 93.4 Å². The lowest BCUT2D eigenvalue weighted by Crippen LogP contribution is -2.30. The second-order valence-electron chi connectivity index (χ2n) is 6.54. The van der Waals surface area contributed by atoms with E-state index in [9.17, 15) is 22.8 Å². The van der Waals surface area contributed by atoms with Crippen LogP contribution in [0.1, 0.15) is 27.2 Å². The molecular formula is C21H18F3N3O3. The van der Waals surface area contributed by atoms with E-state index in [1.807, 2.05) is 31.2 Å². The van der Waals surface area contributed by atoms with Crippen molar-refractivity contribution in [3.63, 3.8) is 0 Å². The minimum atomic E-state index is -4.84. The van der Waals surface area contributed by atoms with Crippen LogP contribution in [-0.4, -0.2) is 22.1 Å². The first-order valence-electron chi connectivity index (χ1n) is 8.97. The number of hydrogen-bond acceptors (Lipinski definition) is 4. The van der Waals surface area contributed by atoms with Crippen LogP contribution in [0.5, 0.6) is 5.75 Å². The van der Waals surface area contributed by atoms with Crippen LogP contribution >= 0.6 is 0 Å². The number of halogens is 3. The number of ether oxygens (including phenoxy) is 1. The number of carbonyl (C=O) groups is 1. The van der Waals surface area contributed by atoms with E-state index in [4.69, 9.17) is 0 Å². The molecule has 1 heterocycles. The fourth-order valence-corrected chi connectivity index (χ4v) is 2.69. The van der Waals surface area contributed by atoms with Crippen LogP contribution in [0.2, 0.25) is 0 Å². The average Bonchev–Trinajstić information content (AvgIpc) is 2.69. The van der Waals surface area contributed by atoms with Gasteiger partial charge in [0.25, 0.3) is 11.5 Å². The van der Waals surface area contributed by atoms with Crippen LogP contribution in [0.15, 0.2) is 65.5 Å². The highest BCUT2D eigenvalue weighted by Gasteiger charge is 2.32. The van der Waals surface area contributed by atoms with Crippen molar-refractivity contribution in [3.8, 4) is 5.75 Å². The number of amides is 1. The van der Waals surface area contributed by atoms with Crippen molar-refractivity contribution in [2.75, 3.05) is 0 Å². The maximum Gasteiger partial charge on any atom is 0.573 e. The Kier molecular flexibility index (Phi) is 6.20. The molecule has 0 spiro atoms. The quantitative estimate of drug-likeness (QED) is 0.667. The SMILES string of the molecule is Cc1ccc(Cn2nc(C(=O)NCc3ccccc3OC(F)(F)F)ccc2=O)cc1. The molecule has 1 amide bonds. The smallest absolute Gasteiger partial charge is 0.405 e. The van der Waals surface area contributed by atoms with E-state index in [1.54, 1.807) is 0 Å². The van der Waals surface area contributed by atoms with Gasteiger partial charge in [-0.1, -0.05) is 48.0 Å². The number of nitrogens with one attached hydrogen (secondary N) is 1. The van der Waals surface area contributed by atoms with Gasteiger partial charge in [0.2, 0.25) is 0 Å². The molecule has 0 bridgehead atoms. The Hall–Kier alpha value is -3.62. The van der Waals surface area contributed by atoms with E-state index in [2.05, 4.69) is 15.2 Å². The van der Waals surface area contributed by atoms with E-state index in [1.165, 1.54) is 30.3 Å². The second-order valence-corrected chi connectivity index (χ2v) is 6.54. The van der Waals surface area contributed by atoms with E-state index in [0.29, 0.717) is 0 Å². The van der Waals surface area contributed by atoms with Gasteiger partial charge >= 0.3 is 6.36 Å². The predicted octanol–water partition coefficient (Wildman–Crippen LogP) is 3.43. The number of rotatable bonds is 6. The number of aryl methyl sites for hydroxylation is 1. The van der Waals surface area contributed by atoms with Crippen LogP contribution in [0.3, 0.4) is 0 Å². The molecule has 3 rings (SSSR count). The first-order valence-corrected chi connectivity index (χ1v) is 8.97. The zero-order valence-electron chi connectivity index (χ0n) is 15.9. The molecule has 0 unspecified atom stereocenters. The van der Waals surface area contributed by atoms with Crippen molar-refractivity contribution in [2.24, 2.45) is 0 Å². The van der Waals surface area contributed by atoms with Crippen molar-refractivity contribution in [1.82, 2.24) is 15.1 Å². The molecule has 1 aromatic heterocycles. The van der Waals surface area contributed by atoms with E-state index >= 15 is 0 Å². The van der Waals surface area contributed by atoms with Gasteiger partial charge in [-0.15, -0.1) is 13.2 Å². The summed E-state index contributed by atoms with van der Waals surface area (Å²) in [5.74, 6) is -1.03. The van der Waals surface area contributed by atoms with Crippen LogP contribution in [-0.2, 0) is 13.1 Å². The summed E-state index contributed by atoms with van der Waals surface area (Å²) in [5, 5.41) is 6.56. The van der Waals surface area contributed by atoms with Crippen molar-refractivity contribution in [2.45, 2.75) is 26.4 Å². The maximum atomic E-state index is 12.5. The van der Waals surface area contributed by atoms with E-state index < -0.39 is 18.0 Å². The summed E-state index contributed by atoms with van der Waals surface area (Å²) in [6.45, 7) is 1.92. The summed E-state index contributed by atoms with van der Waals surface area (Å²) in [4.78, 5) is 24.5. The molecule has 2 aromatic carbocycles. The van der Waals surface area contributed by atoms with E-state index in [-0.39, 0.29) is 29.9 Å². The molecule has 0 atom stereocenters. The highest BCUT2D eigenvalue weighted by molar-refractivity contribution is 5.92. The number of benzene rings is 2. The predicted molar refractivity (Wildman–Crippen MR) is 103 cm³/mol. The third kappa shape index (κ3) is 5.69. The number of aromatic nitrogens is 2. The molecule has 156 valence electrons. The minimum Gasteiger partial charge on any atom is -0.405 e. The molecule has 0 aliphatic carbocycles. The minimum absolute atomic E-state index is 0.0315. The molecule has 0 radical (unpaired) electrons. The summed E-state index contributed by atoms with van der Waals surface area (Å²) in [6, 6.07) is 15.5. The number of carbonyl (C=O) groups excluding carboxylic acids is 1. The van der Waals surface area contributed by atoms with Crippen LogP contribution < -0.4 is 15.6 Å². The van der Waals surface area contributed by atoms with Gasteiger partial charge < -0.3 is 10.1 Å². The lowest BCUT2D eigenvalue weighted by molar-refractivity contribution is -0.274. The Morgan fingerprint density at radius 2 is 1.77 bits per heavy atom. The first kappa shape index (κ1) is 21.1. The van der Waals surface area contributed by atoms with Gasteiger partial charge in [-0.3, -0.25) is 9.59 Å². The molecule has 3 aromatic rings. The molecule has 0 saturated heterocycles. The van der Waals surface area contributed by atoms with Gasteiger partial charge in [0.05, 0.1) is 6.54 Å². The summed E-state index contributed by atoms with van der Waals surface area (Å²) in [6.07, 6.45) is -4.84. The van der Waals surface area contributed by atoms with Gasteiger partial charge in [0.1, 0.15) is 11.4 Å². The largest absolute Gasteiger partial charge is 0.573 e. The molecule has 1 N–H and O–H groups in total. The van der Waals surface area contributed by atoms with Crippen molar-refractivity contribution >= 4 is 5.91 Å². The fraction of sp³-hybridized carbons (Fsp3) is 0.190. The third-order valence-corrected chi connectivity index (χ3v) is 4.19. The zero-order chi connectivity index (χ0) is 21.7. The van der Waals surface area contributed by atoms with Gasteiger partial charge in [0, 0.05) is 18.2 Å². The monoisotopic (exact) mass is 417 g/mol. The van der Waals surface area contributed by atoms with Gasteiger partial charge in [-0.05, 0) is 24.6 Å². The maximum absolute atomic E-state index is 12.5. The average molecular weight is 417 g/mol. The number of para-hydroxylation sites is 1. The van der Waals surface area contributed by atoms with Gasteiger partial charge in [0.15, 0.2) is 0 Å². The standard InChI is InChI=1S/C21H18F3N3O3/c1-14-6-8-15(9-7-14)13-27-19(28)11-10-17(26-27)20(29)25-12-16-4-2-3-5-18(16)30-21(22,23)24/h2-11H,12-13H2,1H3,(H,25,29). The Morgan fingerprint density at radius 1 is 1.07 bits per heavy atom. The zero-order valence-corrected chi connectivity index (χ0v) is 15.9. The summed E-state index contributed by atoms with van der Waals surface area (Å²) >= 11 is 0. The molecule has 30 heavy (non-hydrogen) atoms. The highest BCUT2D eigenvalue weighted by Crippen LogP contribution is 2.26. The number of alkyl halides is 3. The van der Waals surface area contributed by atoms with Crippen LogP contribution in [0.4, 0.5) is 13.2 Å². The Morgan fingerprint density at radius 3 is 2.47 bits per heavy atom. The summed E-state index contributed by atoms with van der Waals surface area (Å²) in [5.41, 5.74) is 1.65. The molecule has 9 heteroatoms. The molecule has 0 fully saturated rings. The lowest BCUT2D eigenvalue weighted by Gasteiger charge is -2.13. The second kappa shape index (κ2) is 8.81. The van der Waals surface area contributed by atoms with Gasteiger partial charge in [-0.2, -0.15) is 5.10 Å².